The average Bonchev–Trinajstić information content (AvgIpc) is 3.15. The quantitative estimate of drug-likeness (QED) is 0.193. The Labute approximate surface area is 233 Å². The van der Waals surface area contributed by atoms with Crippen LogP contribution in [0.2, 0.25) is 0 Å². The van der Waals surface area contributed by atoms with Crippen LogP contribution in [0.15, 0.2) is 75.7 Å². The van der Waals surface area contributed by atoms with Crippen molar-refractivity contribution in [1.82, 2.24) is 4.90 Å². The van der Waals surface area contributed by atoms with E-state index in [-0.39, 0.29) is 16.7 Å². The van der Waals surface area contributed by atoms with Crippen molar-refractivity contribution in [1.29, 1.82) is 0 Å². The van der Waals surface area contributed by atoms with Gasteiger partial charge in [0, 0.05) is 20.1 Å². The van der Waals surface area contributed by atoms with Crippen LogP contribution in [0.5, 0.6) is 0 Å². The van der Waals surface area contributed by atoms with E-state index < -0.39 is 55.1 Å². The molecule has 9 nitrogen and oxygen atoms in total. The number of esters is 2. The molecule has 1 heterocycles. The lowest BCUT2D eigenvalue weighted by atomic mass is 10.1. The lowest BCUT2D eigenvalue weighted by molar-refractivity contribution is -0.142. The summed E-state index contributed by atoms with van der Waals surface area (Å²) in [5.41, 5.74) is 0.549. The maximum atomic E-state index is 12.8. The van der Waals surface area contributed by atoms with E-state index in [1.165, 1.54) is 18.2 Å². The molecule has 2 amide bonds. The Balaban J connectivity index is 1.35. The van der Waals surface area contributed by atoms with Crippen molar-refractivity contribution < 1.29 is 38.2 Å². The first-order valence-electron chi connectivity index (χ1n) is 11.0. The second-order valence-corrected chi connectivity index (χ2v) is 9.89. The van der Waals surface area contributed by atoms with Crippen LogP contribution in [-0.4, -0.2) is 60.0 Å². The zero-order chi connectivity index (χ0) is 27.4. The van der Waals surface area contributed by atoms with E-state index in [1.54, 1.807) is 48.5 Å². The molecular weight excluding hydrogens is 626 g/mol. The summed E-state index contributed by atoms with van der Waals surface area (Å²) in [5.74, 6) is -4.22. The van der Waals surface area contributed by atoms with E-state index in [0.29, 0.717) is 16.0 Å². The third-order valence-corrected chi connectivity index (χ3v) is 6.58. The second-order valence-electron chi connectivity index (χ2n) is 8.05. The highest BCUT2D eigenvalue weighted by Crippen LogP contribution is 2.24. The Bertz CT molecular complexity index is 1470. The number of nitrogens with zero attached hydrogens (tertiary/aromatic N) is 1. The Morgan fingerprint density at radius 3 is 1.66 bits per heavy atom. The van der Waals surface area contributed by atoms with Gasteiger partial charge in [0.2, 0.25) is 0 Å². The second kappa shape index (κ2) is 11.6. The third-order valence-electron chi connectivity index (χ3n) is 5.52. The molecule has 4 rings (SSSR count). The zero-order valence-electron chi connectivity index (χ0n) is 19.4. The minimum absolute atomic E-state index is 0.00349. The summed E-state index contributed by atoms with van der Waals surface area (Å²) in [6, 6.07) is 16.7. The number of fused-ring (bicyclic) bond motifs is 1. The van der Waals surface area contributed by atoms with Crippen LogP contribution in [0, 0.1) is 0 Å². The van der Waals surface area contributed by atoms with Gasteiger partial charge >= 0.3 is 11.9 Å². The third kappa shape index (κ3) is 6.12. The number of halogens is 2. The van der Waals surface area contributed by atoms with Gasteiger partial charge in [-0.2, -0.15) is 0 Å². The summed E-state index contributed by atoms with van der Waals surface area (Å²) in [7, 11) is 0. The minimum Gasteiger partial charge on any atom is -0.456 e. The Hall–Kier alpha value is -3.96. The molecule has 1 aliphatic rings. The van der Waals surface area contributed by atoms with E-state index in [0.717, 1.165) is 8.95 Å². The van der Waals surface area contributed by atoms with Crippen LogP contribution < -0.4 is 0 Å². The largest absolute Gasteiger partial charge is 0.456 e. The van der Waals surface area contributed by atoms with Crippen LogP contribution in [-0.2, 0) is 14.3 Å². The smallest absolute Gasteiger partial charge is 0.338 e. The summed E-state index contributed by atoms with van der Waals surface area (Å²) in [6.07, 6.45) is 0. The number of carbonyl (C=O) groups is 6. The molecule has 0 aliphatic carbocycles. The number of ketones is 2. The topological polar surface area (TPSA) is 124 Å². The zero-order valence-corrected chi connectivity index (χ0v) is 22.6. The van der Waals surface area contributed by atoms with E-state index in [1.807, 2.05) is 0 Å². The van der Waals surface area contributed by atoms with Gasteiger partial charge in [0.15, 0.2) is 24.8 Å². The summed E-state index contributed by atoms with van der Waals surface area (Å²) < 4.78 is 11.6. The first-order valence-corrected chi connectivity index (χ1v) is 12.6. The predicted molar refractivity (Wildman–Crippen MR) is 140 cm³/mol. The molecule has 0 radical (unpaired) electrons. The number of ether oxygens (including phenoxy) is 2. The molecule has 0 saturated heterocycles. The van der Waals surface area contributed by atoms with Gasteiger partial charge in [0.1, 0.15) is 6.54 Å². The highest BCUT2D eigenvalue weighted by atomic mass is 79.9. The molecule has 0 N–H and O–H groups in total. The van der Waals surface area contributed by atoms with Crippen LogP contribution in [0.3, 0.4) is 0 Å². The summed E-state index contributed by atoms with van der Waals surface area (Å²) in [5, 5.41) is 0. The molecule has 3 aromatic rings. The van der Waals surface area contributed by atoms with Gasteiger partial charge in [-0.05, 0) is 42.5 Å². The number of imide groups is 1. The van der Waals surface area contributed by atoms with Crippen molar-refractivity contribution in [3.63, 3.8) is 0 Å². The van der Waals surface area contributed by atoms with Crippen LogP contribution in [0.25, 0.3) is 0 Å². The molecular formula is C27H17Br2NO8. The number of Topliss-reactive ketones (excluding diaryl/α,β-unsaturated/α-hetero) is 2. The molecule has 0 fully saturated rings. The number of hydrogen-bond acceptors (Lipinski definition) is 8. The normalized spacial score (nSPS) is 12.2. The van der Waals surface area contributed by atoms with Gasteiger partial charge in [-0.3, -0.25) is 28.9 Å². The SMILES string of the molecule is O=C(CN1C(=O)c2ccc(C(=O)OCC(=O)c3ccc(Br)cc3)cc2C1=O)OCC(=O)c1ccc(Br)cc1. The van der Waals surface area contributed by atoms with Crippen molar-refractivity contribution in [3.05, 3.63) is 103 Å². The standard InChI is InChI=1S/C27H17Br2NO8/c28-18-6-1-15(2-7-18)22(31)13-37-24(33)12-30-25(34)20-10-5-17(11-21(20)26(30)35)27(36)38-14-23(32)16-3-8-19(29)9-4-16/h1-11H,12-14H2. The van der Waals surface area contributed by atoms with E-state index in [9.17, 15) is 28.8 Å². The maximum Gasteiger partial charge on any atom is 0.338 e. The molecule has 1 aliphatic heterocycles. The first-order chi connectivity index (χ1) is 18.1. The molecule has 192 valence electrons. The first kappa shape index (κ1) is 27.1. The maximum absolute atomic E-state index is 12.8. The van der Waals surface area contributed by atoms with Crippen molar-refractivity contribution in [3.8, 4) is 0 Å². The number of carbonyl (C=O) groups excluding carboxylic acids is 6. The molecule has 0 atom stereocenters. The molecule has 11 heteroatoms. The molecule has 0 saturated carbocycles. The minimum atomic E-state index is -0.948. The molecule has 38 heavy (non-hydrogen) atoms. The monoisotopic (exact) mass is 641 g/mol. The number of rotatable bonds is 9. The van der Waals surface area contributed by atoms with Gasteiger partial charge < -0.3 is 9.47 Å². The summed E-state index contributed by atoms with van der Waals surface area (Å²) in [6.45, 7) is -1.78. The van der Waals surface area contributed by atoms with Crippen LogP contribution in [0.1, 0.15) is 51.8 Å². The Morgan fingerprint density at radius 2 is 1.11 bits per heavy atom. The molecule has 0 bridgehead atoms. The fourth-order valence-electron chi connectivity index (χ4n) is 3.53. The Kier molecular flexibility index (Phi) is 8.28. The van der Waals surface area contributed by atoms with Crippen LogP contribution in [0.4, 0.5) is 0 Å². The van der Waals surface area contributed by atoms with Gasteiger partial charge in [-0.15, -0.1) is 0 Å². The van der Waals surface area contributed by atoms with Gasteiger partial charge in [0.05, 0.1) is 16.7 Å². The van der Waals surface area contributed by atoms with E-state index in [4.69, 9.17) is 9.47 Å². The summed E-state index contributed by atoms with van der Waals surface area (Å²) in [4.78, 5) is 75.3. The molecule has 0 aromatic heterocycles. The van der Waals surface area contributed by atoms with Gasteiger partial charge in [-0.1, -0.05) is 56.1 Å². The number of hydrogen-bond donors (Lipinski definition) is 0. The van der Waals surface area contributed by atoms with Crippen molar-refractivity contribution in [2.75, 3.05) is 19.8 Å². The van der Waals surface area contributed by atoms with E-state index >= 15 is 0 Å². The van der Waals surface area contributed by atoms with Gasteiger partial charge in [-0.25, -0.2) is 4.79 Å². The average molecular weight is 643 g/mol. The fraction of sp³-hybridized carbons (Fsp3) is 0.111. The number of amides is 2. The fourth-order valence-corrected chi connectivity index (χ4v) is 4.06. The molecule has 0 unspecified atom stereocenters. The van der Waals surface area contributed by atoms with Crippen LogP contribution >= 0.6 is 31.9 Å². The highest BCUT2D eigenvalue weighted by Gasteiger charge is 2.37. The summed E-state index contributed by atoms with van der Waals surface area (Å²) >= 11 is 6.53. The molecule has 0 spiro atoms. The van der Waals surface area contributed by atoms with Gasteiger partial charge in [0.25, 0.3) is 11.8 Å². The van der Waals surface area contributed by atoms with E-state index in [2.05, 4.69) is 31.9 Å². The lowest BCUT2D eigenvalue weighted by Crippen LogP contribution is -2.36. The Morgan fingerprint density at radius 1 is 0.632 bits per heavy atom. The molecule has 3 aromatic carbocycles. The van der Waals surface area contributed by atoms with Crippen molar-refractivity contribution in [2.45, 2.75) is 0 Å². The van der Waals surface area contributed by atoms with Crippen molar-refractivity contribution >= 4 is 67.2 Å². The number of benzene rings is 3. The lowest BCUT2D eigenvalue weighted by Gasteiger charge is -2.12. The van der Waals surface area contributed by atoms with Crippen molar-refractivity contribution in [2.24, 2.45) is 0 Å². The highest BCUT2D eigenvalue weighted by molar-refractivity contribution is 9.10. The predicted octanol–water partition coefficient (Wildman–Crippen LogP) is 4.27.